The number of para-hydroxylation sites is 1. The SMILES string of the molecule is Cc1cc(F)cc(NC(=O)c2cccc3cc[nH]c23)c1. The Hall–Kier alpha value is -2.62. The van der Waals surface area contributed by atoms with Crippen molar-refractivity contribution in [2.75, 3.05) is 5.32 Å². The first-order valence-corrected chi connectivity index (χ1v) is 6.28. The second-order valence-corrected chi connectivity index (χ2v) is 4.72. The maximum atomic E-state index is 13.3. The first kappa shape index (κ1) is 12.4. The highest BCUT2D eigenvalue weighted by Gasteiger charge is 2.11. The first-order chi connectivity index (χ1) is 9.63. The number of amides is 1. The van der Waals surface area contributed by atoms with E-state index < -0.39 is 0 Å². The van der Waals surface area contributed by atoms with Crippen LogP contribution in [0.1, 0.15) is 15.9 Å². The van der Waals surface area contributed by atoms with Gasteiger partial charge < -0.3 is 10.3 Å². The molecular weight excluding hydrogens is 255 g/mol. The van der Waals surface area contributed by atoms with Crippen LogP contribution in [0.2, 0.25) is 0 Å². The van der Waals surface area contributed by atoms with E-state index in [4.69, 9.17) is 0 Å². The van der Waals surface area contributed by atoms with Crippen LogP contribution in [0.15, 0.2) is 48.7 Å². The van der Waals surface area contributed by atoms with E-state index in [1.54, 1.807) is 25.3 Å². The molecule has 100 valence electrons. The molecule has 3 aromatic rings. The molecule has 1 aromatic heterocycles. The molecule has 0 aliphatic rings. The number of aromatic amines is 1. The number of aryl methyl sites for hydroxylation is 1. The Morgan fingerprint density at radius 1 is 1.20 bits per heavy atom. The number of hydrogen-bond acceptors (Lipinski definition) is 1. The molecule has 3 nitrogen and oxygen atoms in total. The number of aromatic nitrogens is 1. The Morgan fingerprint density at radius 3 is 2.85 bits per heavy atom. The number of rotatable bonds is 2. The zero-order chi connectivity index (χ0) is 14.1. The molecule has 3 rings (SSSR count). The summed E-state index contributed by atoms with van der Waals surface area (Å²) < 4.78 is 13.3. The molecule has 0 bridgehead atoms. The van der Waals surface area contributed by atoms with Crippen LogP contribution in [-0.4, -0.2) is 10.9 Å². The second kappa shape index (κ2) is 4.81. The summed E-state index contributed by atoms with van der Waals surface area (Å²) in [5.41, 5.74) is 2.53. The van der Waals surface area contributed by atoms with E-state index >= 15 is 0 Å². The lowest BCUT2D eigenvalue weighted by Crippen LogP contribution is -2.12. The largest absolute Gasteiger partial charge is 0.361 e. The summed E-state index contributed by atoms with van der Waals surface area (Å²) in [5, 5.41) is 3.69. The molecule has 0 saturated carbocycles. The Balaban J connectivity index is 1.95. The quantitative estimate of drug-likeness (QED) is 0.728. The standard InChI is InChI=1S/C16H13FN2O/c1-10-7-12(17)9-13(8-10)19-16(20)14-4-2-3-11-5-6-18-15(11)14/h2-9,18H,1H3,(H,19,20). The molecule has 0 spiro atoms. The number of anilines is 1. The predicted octanol–water partition coefficient (Wildman–Crippen LogP) is 3.87. The third-order valence-electron chi connectivity index (χ3n) is 3.13. The van der Waals surface area contributed by atoms with Crippen molar-refractivity contribution in [3.05, 3.63) is 65.6 Å². The Kier molecular flexibility index (Phi) is 2.99. The van der Waals surface area contributed by atoms with Crippen molar-refractivity contribution in [3.8, 4) is 0 Å². The van der Waals surface area contributed by atoms with Gasteiger partial charge in [-0.15, -0.1) is 0 Å². The monoisotopic (exact) mass is 268 g/mol. The van der Waals surface area contributed by atoms with E-state index in [9.17, 15) is 9.18 Å². The minimum Gasteiger partial charge on any atom is -0.361 e. The molecule has 0 fully saturated rings. The van der Waals surface area contributed by atoms with Crippen molar-refractivity contribution in [2.45, 2.75) is 6.92 Å². The Morgan fingerprint density at radius 2 is 2.05 bits per heavy atom. The second-order valence-electron chi connectivity index (χ2n) is 4.72. The number of carbonyl (C=O) groups excluding carboxylic acids is 1. The van der Waals surface area contributed by atoms with Crippen molar-refractivity contribution in [1.82, 2.24) is 4.98 Å². The fourth-order valence-electron chi connectivity index (χ4n) is 2.28. The Labute approximate surface area is 115 Å². The lowest BCUT2D eigenvalue weighted by Gasteiger charge is -2.07. The van der Waals surface area contributed by atoms with Gasteiger partial charge in [0.2, 0.25) is 0 Å². The molecular formula is C16H13FN2O. The number of benzene rings is 2. The van der Waals surface area contributed by atoms with E-state index in [-0.39, 0.29) is 11.7 Å². The molecule has 20 heavy (non-hydrogen) atoms. The van der Waals surface area contributed by atoms with E-state index in [1.807, 2.05) is 18.2 Å². The molecule has 0 unspecified atom stereocenters. The summed E-state index contributed by atoms with van der Waals surface area (Å²) in [4.78, 5) is 15.3. The average Bonchev–Trinajstić information content (AvgIpc) is 2.85. The van der Waals surface area contributed by atoms with Crippen LogP contribution in [0.3, 0.4) is 0 Å². The third-order valence-corrected chi connectivity index (χ3v) is 3.13. The van der Waals surface area contributed by atoms with E-state index in [0.29, 0.717) is 11.3 Å². The van der Waals surface area contributed by atoms with Crippen LogP contribution in [0, 0.1) is 12.7 Å². The summed E-state index contributed by atoms with van der Waals surface area (Å²) in [6, 6.07) is 11.8. The summed E-state index contributed by atoms with van der Waals surface area (Å²) in [6.07, 6.45) is 1.79. The highest BCUT2D eigenvalue weighted by molar-refractivity contribution is 6.12. The predicted molar refractivity (Wildman–Crippen MR) is 77.4 cm³/mol. The van der Waals surface area contributed by atoms with Gasteiger partial charge in [0.1, 0.15) is 5.82 Å². The van der Waals surface area contributed by atoms with Crippen LogP contribution in [-0.2, 0) is 0 Å². The van der Waals surface area contributed by atoms with Crippen molar-refractivity contribution in [1.29, 1.82) is 0 Å². The average molecular weight is 268 g/mol. The van der Waals surface area contributed by atoms with Crippen LogP contribution in [0.25, 0.3) is 10.9 Å². The zero-order valence-corrected chi connectivity index (χ0v) is 10.9. The topological polar surface area (TPSA) is 44.9 Å². The summed E-state index contributed by atoms with van der Waals surface area (Å²) in [7, 11) is 0. The van der Waals surface area contributed by atoms with Gasteiger partial charge in [-0.3, -0.25) is 4.79 Å². The third kappa shape index (κ3) is 2.28. The minimum atomic E-state index is -0.363. The number of nitrogens with one attached hydrogen (secondary N) is 2. The lowest BCUT2D eigenvalue weighted by molar-refractivity contribution is 0.102. The summed E-state index contributed by atoms with van der Waals surface area (Å²) in [6.45, 7) is 1.78. The minimum absolute atomic E-state index is 0.261. The van der Waals surface area contributed by atoms with Crippen LogP contribution < -0.4 is 5.32 Å². The highest BCUT2D eigenvalue weighted by Crippen LogP contribution is 2.19. The van der Waals surface area contributed by atoms with Crippen LogP contribution in [0.5, 0.6) is 0 Å². The summed E-state index contributed by atoms with van der Waals surface area (Å²) in [5.74, 6) is -0.624. The summed E-state index contributed by atoms with van der Waals surface area (Å²) >= 11 is 0. The van der Waals surface area contributed by atoms with Crippen LogP contribution in [0.4, 0.5) is 10.1 Å². The van der Waals surface area contributed by atoms with Crippen molar-refractivity contribution in [2.24, 2.45) is 0 Å². The molecule has 0 radical (unpaired) electrons. The lowest BCUT2D eigenvalue weighted by atomic mass is 10.1. The normalized spacial score (nSPS) is 10.7. The maximum absolute atomic E-state index is 13.3. The van der Waals surface area contributed by atoms with Crippen LogP contribution >= 0.6 is 0 Å². The van der Waals surface area contributed by atoms with E-state index in [2.05, 4.69) is 10.3 Å². The number of hydrogen-bond donors (Lipinski definition) is 2. The van der Waals surface area contributed by atoms with Gasteiger partial charge in [-0.25, -0.2) is 4.39 Å². The molecule has 1 amide bonds. The zero-order valence-electron chi connectivity index (χ0n) is 10.9. The molecule has 4 heteroatoms. The van der Waals surface area contributed by atoms with Gasteiger partial charge in [0.25, 0.3) is 5.91 Å². The molecule has 0 saturated heterocycles. The van der Waals surface area contributed by atoms with Gasteiger partial charge in [0, 0.05) is 17.3 Å². The molecule has 0 aliphatic heterocycles. The van der Waals surface area contributed by atoms with Gasteiger partial charge in [-0.05, 0) is 42.8 Å². The molecule has 2 aromatic carbocycles. The van der Waals surface area contributed by atoms with Gasteiger partial charge in [0.05, 0.1) is 11.1 Å². The molecule has 0 atom stereocenters. The smallest absolute Gasteiger partial charge is 0.257 e. The first-order valence-electron chi connectivity index (χ1n) is 6.28. The molecule has 2 N–H and O–H groups in total. The number of H-pyrrole nitrogens is 1. The fraction of sp³-hybridized carbons (Fsp3) is 0.0625. The molecule has 1 heterocycles. The van der Waals surface area contributed by atoms with E-state index in [1.165, 1.54) is 12.1 Å². The number of carbonyl (C=O) groups is 1. The Bertz CT molecular complexity index is 772. The molecule has 0 aliphatic carbocycles. The van der Waals surface area contributed by atoms with Gasteiger partial charge in [-0.2, -0.15) is 0 Å². The van der Waals surface area contributed by atoms with Gasteiger partial charge in [-0.1, -0.05) is 12.1 Å². The number of fused-ring (bicyclic) bond motifs is 1. The maximum Gasteiger partial charge on any atom is 0.257 e. The van der Waals surface area contributed by atoms with E-state index in [0.717, 1.165) is 16.5 Å². The van der Waals surface area contributed by atoms with Crippen molar-refractivity contribution in [3.63, 3.8) is 0 Å². The number of halogens is 1. The van der Waals surface area contributed by atoms with Gasteiger partial charge >= 0.3 is 0 Å². The van der Waals surface area contributed by atoms with Crippen molar-refractivity contribution < 1.29 is 9.18 Å². The van der Waals surface area contributed by atoms with Gasteiger partial charge in [0.15, 0.2) is 0 Å². The fourth-order valence-corrected chi connectivity index (χ4v) is 2.28. The highest BCUT2D eigenvalue weighted by atomic mass is 19.1. The van der Waals surface area contributed by atoms with Crippen molar-refractivity contribution >= 4 is 22.5 Å².